The van der Waals surface area contributed by atoms with E-state index in [2.05, 4.69) is 21.2 Å². The van der Waals surface area contributed by atoms with Crippen LogP contribution in [-0.2, 0) is 30.6 Å². The minimum Gasteiger partial charge on any atom is -0.324 e. The maximum atomic E-state index is 14.6. The Kier molecular flexibility index (Phi) is 6.39. The van der Waals surface area contributed by atoms with E-state index in [1.165, 1.54) is 0 Å². The second-order valence-electron chi connectivity index (χ2n) is 11.2. The number of benzene rings is 4. The van der Waals surface area contributed by atoms with E-state index in [-0.39, 0.29) is 6.42 Å². The Morgan fingerprint density at radius 1 is 0.810 bits per heavy atom. The van der Waals surface area contributed by atoms with Gasteiger partial charge in [-0.1, -0.05) is 94.8 Å². The third kappa shape index (κ3) is 3.71. The molecule has 5 nitrogen and oxygen atoms in total. The zero-order valence-corrected chi connectivity index (χ0v) is 25.6. The molecule has 8 rings (SSSR count). The van der Waals surface area contributed by atoms with Crippen LogP contribution in [0.3, 0.4) is 0 Å². The summed E-state index contributed by atoms with van der Waals surface area (Å²) in [5.74, 6) is -3.39. The molecule has 4 aromatic rings. The van der Waals surface area contributed by atoms with Gasteiger partial charge in [0.1, 0.15) is 15.8 Å². The number of amides is 3. The highest BCUT2D eigenvalue weighted by Gasteiger charge is 2.73. The summed E-state index contributed by atoms with van der Waals surface area (Å²) < 4.78 is 0.907. The quantitative estimate of drug-likeness (QED) is 0.187. The van der Waals surface area contributed by atoms with Crippen molar-refractivity contribution in [1.29, 1.82) is 0 Å². The SMILES string of the molecule is Cc1cc(NC(=O)[C@H](Cc2ccccc2)N2C(=O)[C@@H]3[C@@H](C2=O)C2(Cl)c4ccccc4C3(Cl)c3ccccc32)ccc1Br. The van der Waals surface area contributed by atoms with E-state index in [1.807, 2.05) is 97.9 Å². The molecule has 3 atom stereocenters. The van der Waals surface area contributed by atoms with Gasteiger partial charge in [-0.25, -0.2) is 0 Å². The molecule has 0 unspecified atom stereocenters. The zero-order chi connectivity index (χ0) is 29.4. The van der Waals surface area contributed by atoms with Crippen molar-refractivity contribution in [2.24, 2.45) is 11.8 Å². The Hall–Kier alpha value is -3.45. The lowest BCUT2D eigenvalue weighted by Gasteiger charge is -2.54. The predicted octanol–water partition coefficient (Wildman–Crippen LogP) is 6.90. The van der Waals surface area contributed by atoms with Crippen molar-refractivity contribution in [2.75, 3.05) is 5.32 Å². The number of halogens is 3. The fourth-order valence-corrected chi connectivity index (χ4v) is 8.43. The van der Waals surface area contributed by atoms with Crippen molar-refractivity contribution in [3.8, 4) is 0 Å². The number of aryl methyl sites for hydroxylation is 1. The van der Waals surface area contributed by atoms with Gasteiger partial charge < -0.3 is 5.32 Å². The monoisotopic (exact) mass is 658 g/mol. The van der Waals surface area contributed by atoms with Crippen LogP contribution in [0, 0.1) is 18.8 Å². The number of imide groups is 1. The highest BCUT2D eigenvalue weighted by atomic mass is 79.9. The summed E-state index contributed by atoms with van der Waals surface area (Å²) >= 11 is 18.7. The van der Waals surface area contributed by atoms with Gasteiger partial charge in [-0.3, -0.25) is 19.3 Å². The molecule has 4 aromatic carbocycles. The molecule has 3 amide bonds. The summed E-state index contributed by atoms with van der Waals surface area (Å²) in [6, 6.07) is 28.7. The number of carbonyl (C=O) groups excluding carboxylic acids is 3. The van der Waals surface area contributed by atoms with Crippen molar-refractivity contribution in [3.63, 3.8) is 0 Å². The number of hydrogen-bond donors (Lipinski definition) is 1. The molecular weight excluding hydrogens is 635 g/mol. The smallest absolute Gasteiger partial charge is 0.248 e. The van der Waals surface area contributed by atoms with Gasteiger partial charge in [0.05, 0.1) is 11.8 Å². The molecule has 1 aliphatic heterocycles. The fraction of sp³-hybridized carbons (Fsp3) is 0.206. The second kappa shape index (κ2) is 9.80. The van der Waals surface area contributed by atoms with Crippen molar-refractivity contribution in [2.45, 2.75) is 29.1 Å². The Labute approximate surface area is 262 Å². The van der Waals surface area contributed by atoms with E-state index in [4.69, 9.17) is 23.2 Å². The third-order valence-electron chi connectivity index (χ3n) is 8.93. The third-order valence-corrected chi connectivity index (χ3v) is 11.1. The number of anilines is 1. The first-order valence-electron chi connectivity index (χ1n) is 13.7. The molecule has 0 aromatic heterocycles. The standard InChI is InChI=1S/C34H25BrCl2N2O3/c1-19-17-21(15-16-26(19)35)38-30(40)27(18-20-9-3-2-4-10-20)39-31(41)28-29(32(39)42)34(37)23-12-6-5-11-22(23)33(28,36)24-13-7-8-14-25(24)34/h2-17,27-29H,18H2,1H3,(H,38,40)/t27-,28-,29-,33?,34?/m0/s1. The maximum absolute atomic E-state index is 14.6. The summed E-state index contributed by atoms with van der Waals surface area (Å²) in [4.78, 5) is 41.7. The van der Waals surface area contributed by atoms with Gasteiger partial charge in [0.2, 0.25) is 17.7 Å². The molecule has 1 fully saturated rings. The largest absolute Gasteiger partial charge is 0.324 e. The molecule has 42 heavy (non-hydrogen) atoms. The molecule has 0 spiro atoms. The van der Waals surface area contributed by atoms with Gasteiger partial charge in [0.15, 0.2) is 0 Å². The molecule has 3 aliphatic carbocycles. The Balaban J connectivity index is 1.36. The number of carbonyl (C=O) groups is 3. The molecule has 1 saturated heterocycles. The number of likely N-dealkylation sites (tertiary alicyclic amines) is 1. The van der Waals surface area contributed by atoms with E-state index in [1.54, 1.807) is 6.07 Å². The number of rotatable bonds is 5. The fourth-order valence-electron chi connectivity index (χ4n) is 7.08. The van der Waals surface area contributed by atoms with Gasteiger partial charge >= 0.3 is 0 Å². The lowest BCUT2D eigenvalue weighted by Crippen LogP contribution is -2.57. The first-order valence-corrected chi connectivity index (χ1v) is 15.3. The average molecular weight is 660 g/mol. The molecule has 1 N–H and O–H groups in total. The van der Waals surface area contributed by atoms with Crippen LogP contribution in [0.5, 0.6) is 0 Å². The molecule has 1 heterocycles. The Morgan fingerprint density at radius 2 is 1.29 bits per heavy atom. The number of nitrogens with zero attached hydrogens (tertiary/aromatic N) is 1. The molecule has 8 heteroatoms. The van der Waals surface area contributed by atoms with Crippen LogP contribution in [0.4, 0.5) is 5.69 Å². The van der Waals surface area contributed by atoms with Crippen LogP contribution in [-0.4, -0.2) is 28.7 Å². The van der Waals surface area contributed by atoms with E-state index in [0.29, 0.717) is 5.69 Å². The normalized spacial score (nSPS) is 26.0. The Bertz CT molecular complexity index is 1670. The van der Waals surface area contributed by atoms with Crippen LogP contribution in [0.25, 0.3) is 0 Å². The van der Waals surface area contributed by atoms with E-state index >= 15 is 0 Å². The summed E-state index contributed by atoms with van der Waals surface area (Å²) in [7, 11) is 0. The van der Waals surface area contributed by atoms with Crippen LogP contribution in [0.15, 0.2) is 102 Å². The minimum atomic E-state index is -1.31. The van der Waals surface area contributed by atoms with Crippen molar-refractivity contribution in [3.05, 3.63) is 135 Å². The second-order valence-corrected chi connectivity index (χ2v) is 13.2. The van der Waals surface area contributed by atoms with E-state index in [0.717, 1.165) is 42.8 Å². The Morgan fingerprint density at radius 3 is 1.76 bits per heavy atom. The topological polar surface area (TPSA) is 66.5 Å². The van der Waals surface area contributed by atoms with Crippen molar-refractivity contribution < 1.29 is 14.4 Å². The van der Waals surface area contributed by atoms with Gasteiger partial charge in [-0.05, 0) is 58.5 Å². The molecule has 2 bridgehead atoms. The van der Waals surface area contributed by atoms with Gasteiger partial charge in [0.25, 0.3) is 0 Å². The average Bonchev–Trinajstić information content (AvgIpc) is 3.27. The molecule has 0 saturated carbocycles. The van der Waals surface area contributed by atoms with Crippen LogP contribution in [0.2, 0.25) is 0 Å². The first kappa shape index (κ1) is 27.4. The highest BCUT2D eigenvalue weighted by Crippen LogP contribution is 2.69. The van der Waals surface area contributed by atoms with E-state index < -0.39 is 45.3 Å². The molecule has 0 radical (unpaired) electrons. The van der Waals surface area contributed by atoms with Crippen LogP contribution >= 0.6 is 39.1 Å². The van der Waals surface area contributed by atoms with Gasteiger partial charge in [0, 0.05) is 16.6 Å². The maximum Gasteiger partial charge on any atom is 0.248 e. The number of nitrogens with one attached hydrogen (secondary N) is 1. The zero-order valence-electron chi connectivity index (χ0n) is 22.5. The van der Waals surface area contributed by atoms with Gasteiger partial charge in [-0.2, -0.15) is 0 Å². The molecule has 210 valence electrons. The van der Waals surface area contributed by atoms with E-state index in [9.17, 15) is 14.4 Å². The number of hydrogen-bond acceptors (Lipinski definition) is 3. The predicted molar refractivity (Wildman–Crippen MR) is 166 cm³/mol. The molecule has 4 aliphatic rings. The summed E-state index contributed by atoms with van der Waals surface area (Å²) in [5, 5.41) is 2.95. The summed E-state index contributed by atoms with van der Waals surface area (Å²) in [6.07, 6.45) is 0.142. The van der Waals surface area contributed by atoms with Crippen molar-refractivity contribution >= 4 is 62.5 Å². The van der Waals surface area contributed by atoms with Crippen LogP contribution < -0.4 is 5.32 Å². The highest BCUT2D eigenvalue weighted by molar-refractivity contribution is 9.10. The minimum absolute atomic E-state index is 0.142. The molecular formula is C34H25BrCl2N2O3. The van der Waals surface area contributed by atoms with Crippen LogP contribution in [0.1, 0.15) is 33.4 Å². The van der Waals surface area contributed by atoms with Crippen molar-refractivity contribution in [1.82, 2.24) is 4.90 Å². The lowest BCUT2D eigenvalue weighted by atomic mass is 9.54. The lowest BCUT2D eigenvalue weighted by molar-refractivity contribution is -0.146. The van der Waals surface area contributed by atoms with Gasteiger partial charge in [-0.15, -0.1) is 23.2 Å². The summed E-state index contributed by atoms with van der Waals surface area (Å²) in [5.41, 5.74) is 5.21. The summed E-state index contributed by atoms with van der Waals surface area (Å²) in [6.45, 7) is 1.92. The number of alkyl halides is 2. The first-order chi connectivity index (χ1) is 20.2.